The van der Waals surface area contributed by atoms with Crippen LogP contribution in [0.25, 0.3) is 0 Å². The number of nitrogens with zero attached hydrogens (tertiary/aromatic N) is 3. The molecule has 0 saturated heterocycles. The highest BCUT2D eigenvalue weighted by Gasteiger charge is 2.17. The van der Waals surface area contributed by atoms with Gasteiger partial charge in [-0.3, -0.25) is 10.1 Å². The van der Waals surface area contributed by atoms with Gasteiger partial charge >= 0.3 is 5.69 Å². The topological polar surface area (TPSA) is 89.0 Å². The number of benzene rings is 1. The second-order valence-electron chi connectivity index (χ2n) is 3.47. The Kier molecular flexibility index (Phi) is 3.34. The fraction of sp³-hybridized carbons (Fsp3) is 0. The molecule has 94 valence electrons. The quantitative estimate of drug-likeness (QED) is 0.480. The summed E-state index contributed by atoms with van der Waals surface area (Å²) in [5.41, 5.74) is -0.226. The number of pyridine rings is 1. The Bertz CT molecular complexity index is 682. The van der Waals surface area contributed by atoms with Gasteiger partial charge in [0.2, 0.25) is 11.7 Å². The predicted octanol–water partition coefficient (Wildman–Crippen LogP) is 2.79. The fourth-order valence-electron chi connectivity index (χ4n) is 1.39. The van der Waals surface area contributed by atoms with Crippen LogP contribution in [0.3, 0.4) is 0 Å². The average Bonchev–Trinajstić information content (AvgIpc) is 2.39. The molecule has 0 N–H and O–H groups in total. The van der Waals surface area contributed by atoms with Crippen molar-refractivity contribution in [3.8, 4) is 17.6 Å². The van der Waals surface area contributed by atoms with E-state index < -0.39 is 10.9 Å². The zero-order chi connectivity index (χ0) is 13.8. The van der Waals surface area contributed by atoms with E-state index in [1.165, 1.54) is 24.4 Å². The molecule has 0 unspecified atom stereocenters. The zero-order valence-electron chi connectivity index (χ0n) is 9.41. The molecule has 0 amide bonds. The van der Waals surface area contributed by atoms with Crippen LogP contribution < -0.4 is 4.74 Å². The second kappa shape index (κ2) is 5.10. The van der Waals surface area contributed by atoms with E-state index in [-0.39, 0.29) is 22.7 Å². The summed E-state index contributed by atoms with van der Waals surface area (Å²) in [4.78, 5) is 13.5. The van der Waals surface area contributed by atoms with E-state index in [4.69, 9.17) is 10.00 Å². The van der Waals surface area contributed by atoms with Crippen LogP contribution >= 0.6 is 0 Å². The Morgan fingerprint density at radius 3 is 2.79 bits per heavy atom. The first kappa shape index (κ1) is 12.4. The molecule has 7 heteroatoms. The lowest BCUT2D eigenvalue weighted by Gasteiger charge is -2.06. The van der Waals surface area contributed by atoms with E-state index in [0.717, 1.165) is 12.1 Å². The second-order valence-corrected chi connectivity index (χ2v) is 3.47. The van der Waals surface area contributed by atoms with E-state index in [1.54, 1.807) is 6.07 Å². The molecule has 1 aromatic heterocycles. The van der Waals surface area contributed by atoms with Crippen molar-refractivity contribution >= 4 is 5.69 Å². The molecule has 0 aliphatic rings. The molecule has 2 aromatic rings. The van der Waals surface area contributed by atoms with Gasteiger partial charge in [-0.2, -0.15) is 9.65 Å². The Morgan fingerprint density at radius 2 is 2.16 bits per heavy atom. The standard InChI is InChI=1S/C12H6FN3O3/c13-12-6-9(3-4-15-12)19-11-2-1-8(7-14)5-10(11)16(17)18/h1-6H. The van der Waals surface area contributed by atoms with Crippen molar-refractivity contribution in [1.82, 2.24) is 4.98 Å². The molecule has 6 nitrogen and oxygen atoms in total. The van der Waals surface area contributed by atoms with E-state index in [1.807, 2.05) is 0 Å². The van der Waals surface area contributed by atoms with Crippen LogP contribution in [0, 0.1) is 27.4 Å². The van der Waals surface area contributed by atoms with Gasteiger partial charge in [0.05, 0.1) is 16.6 Å². The van der Waals surface area contributed by atoms with Crippen LogP contribution in [0.5, 0.6) is 11.5 Å². The predicted molar refractivity (Wildman–Crippen MR) is 62.1 cm³/mol. The normalized spacial score (nSPS) is 9.68. The summed E-state index contributed by atoms with van der Waals surface area (Å²) in [6.07, 6.45) is 1.18. The first-order valence-corrected chi connectivity index (χ1v) is 5.08. The Morgan fingerprint density at radius 1 is 1.37 bits per heavy atom. The highest BCUT2D eigenvalue weighted by molar-refractivity contribution is 5.53. The summed E-state index contributed by atoms with van der Waals surface area (Å²) >= 11 is 0. The van der Waals surface area contributed by atoms with Gasteiger partial charge in [-0.15, -0.1) is 0 Å². The number of hydrogen-bond acceptors (Lipinski definition) is 5. The van der Waals surface area contributed by atoms with Crippen LogP contribution in [0.15, 0.2) is 36.5 Å². The average molecular weight is 259 g/mol. The number of ether oxygens (including phenoxy) is 1. The van der Waals surface area contributed by atoms with Crippen molar-refractivity contribution in [2.45, 2.75) is 0 Å². The third-order valence-electron chi connectivity index (χ3n) is 2.21. The minimum Gasteiger partial charge on any atom is -0.450 e. The molecule has 1 heterocycles. The molecule has 0 spiro atoms. The van der Waals surface area contributed by atoms with Gasteiger partial charge < -0.3 is 4.74 Å². The maximum atomic E-state index is 12.9. The third-order valence-corrected chi connectivity index (χ3v) is 2.21. The molecule has 2 rings (SSSR count). The van der Waals surface area contributed by atoms with Gasteiger partial charge in [0, 0.05) is 18.3 Å². The molecule has 0 aliphatic carbocycles. The molecule has 0 atom stereocenters. The first-order valence-electron chi connectivity index (χ1n) is 5.08. The lowest BCUT2D eigenvalue weighted by atomic mass is 10.2. The molecule has 0 fully saturated rings. The number of nitro groups is 1. The Labute approximate surface area is 106 Å². The highest BCUT2D eigenvalue weighted by Crippen LogP contribution is 2.31. The summed E-state index contributed by atoms with van der Waals surface area (Å²) in [6.45, 7) is 0. The van der Waals surface area contributed by atoms with E-state index in [0.29, 0.717) is 0 Å². The van der Waals surface area contributed by atoms with E-state index >= 15 is 0 Å². The van der Waals surface area contributed by atoms with Crippen LogP contribution in [0.4, 0.5) is 10.1 Å². The van der Waals surface area contributed by atoms with Gasteiger partial charge in [-0.1, -0.05) is 0 Å². The SMILES string of the molecule is N#Cc1ccc(Oc2ccnc(F)c2)c([N+](=O)[O-])c1. The van der Waals surface area contributed by atoms with Gasteiger partial charge in [0.1, 0.15) is 5.75 Å². The summed E-state index contributed by atoms with van der Waals surface area (Å²) in [5, 5.41) is 19.6. The molecule has 1 aromatic carbocycles. The van der Waals surface area contributed by atoms with Crippen LogP contribution in [-0.4, -0.2) is 9.91 Å². The van der Waals surface area contributed by atoms with Crippen molar-refractivity contribution < 1.29 is 14.1 Å². The Hall–Kier alpha value is -3.01. The number of nitriles is 1. The van der Waals surface area contributed by atoms with Gasteiger partial charge in [0.15, 0.2) is 0 Å². The Balaban J connectivity index is 2.40. The molecular formula is C12H6FN3O3. The molecular weight excluding hydrogens is 253 g/mol. The maximum absolute atomic E-state index is 12.9. The number of halogens is 1. The lowest BCUT2D eigenvalue weighted by Crippen LogP contribution is -1.95. The fourth-order valence-corrected chi connectivity index (χ4v) is 1.39. The lowest BCUT2D eigenvalue weighted by molar-refractivity contribution is -0.385. The third kappa shape index (κ3) is 2.81. The van der Waals surface area contributed by atoms with Gasteiger partial charge in [-0.25, -0.2) is 4.98 Å². The molecule has 0 bridgehead atoms. The van der Waals surface area contributed by atoms with Gasteiger partial charge in [-0.05, 0) is 18.2 Å². The van der Waals surface area contributed by atoms with Crippen molar-refractivity contribution in [1.29, 1.82) is 5.26 Å². The number of aromatic nitrogens is 1. The van der Waals surface area contributed by atoms with Crippen LogP contribution in [0.2, 0.25) is 0 Å². The largest absolute Gasteiger partial charge is 0.450 e. The highest BCUT2D eigenvalue weighted by atomic mass is 19.1. The van der Waals surface area contributed by atoms with Gasteiger partial charge in [0.25, 0.3) is 0 Å². The molecule has 19 heavy (non-hydrogen) atoms. The first-order chi connectivity index (χ1) is 9.10. The van der Waals surface area contributed by atoms with Crippen LogP contribution in [0.1, 0.15) is 5.56 Å². The smallest absolute Gasteiger partial charge is 0.312 e. The summed E-state index contributed by atoms with van der Waals surface area (Å²) in [6, 6.07) is 7.91. The minimum atomic E-state index is -0.756. The minimum absolute atomic E-state index is 0.0744. The zero-order valence-corrected chi connectivity index (χ0v) is 9.41. The molecule has 0 aliphatic heterocycles. The molecule has 0 radical (unpaired) electrons. The number of nitro benzene ring substituents is 1. The summed E-state index contributed by atoms with van der Waals surface area (Å²) in [5.74, 6) is -0.747. The maximum Gasteiger partial charge on any atom is 0.312 e. The van der Waals surface area contributed by atoms with Crippen molar-refractivity contribution in [2.75, 3.05) is 0 Å². The monoisotopic (exact) mass is 259 g/mol. The summed E-state index contributed by atoms with van der Waals surface area (Å²) < 4.78 is 18.1. The van der Waals surface area contributed by atoms with Crippen molar-refractivity contribution in [3.63, 3.8) is 0 Å². The van der Waals surface area contributed by atoms with Crippen LogP contribution in [-0.2, 0) is 0 Å². The van der Waals surface area contributed by atoms with Crippen molar-refractivity contribution in [2.24, 2.45) is 0 Å². The van der Waals surface area contributed by atoms with E-state index in [2.05, 4.69) is 4.98 Å². The summed E-state index contributed by atoms with van der Waals surface area (Å²) in [7, 11) is 0. The van der Waals surface area contributed by atoms with E-state index in [9.17, 15) is 14.5 Å². The van der Waals surface area contributed by atoms with Crippen molar-refractivity contribution in [3.05, 3.63) is 58.2 Å². The number of hydrogen-bond donors (Lipinski definition) is 0. The molecule has 0 saturated carbocycles. The number of rotatable bonds is 3.